The Hall–Kier alpha value is -1.17. The summed E-state index contributed by atoms with van der Waals surface area (Å²) in [6.45, 7) is 1.81. The third-order valence-corrected chi connectivity index (χ3v) is 7.09. The minimum atomic E-state index is -3.42. The smallest absolute Gasteiger partial charge is 0.182 e. The number of halogens is 1. The van der Waals surface area contributed by atoms with E-state index >= 15 is 0 Å². The average molecular weight is 381 g/mol. The zero-order valence-corrected chi connectivity index (χ0v) is 14.5. The average Bonchev–Trinajstić information content (AvgIpc) is 3.24. The van der Waals surface area contributed by atoms with E-state index in [1.54, 1.807) is 24.3 Å². The van der Waals surface area contributed by atoms with Crippen LogP contribution < -0.4 is 0 Å². The zero-order chi connectivity index (χ0) is 15.9. The molecule has 1 fully saturated rings. The second kappa shape index (κ2) is 5.80. The van der Waals surface area contributed by atoms with E-state index in [9.17, 15) is 13.5 Å². The van der Waals surface area contributed by atoms with E-state index in [-0.39, 0.29) is 18.4 Å². The summed E-state index contributed by atoms with van der Waals surface area (Å²) in [5.74, 6) is -0.364. The van der Waals surface area contributed by atoms with Crippen molar-refractivity contribution in [2.45, 2.75) is 23.0 Å². The van der Waals surface area contributed by atoms with Gasteiger partial charge in [-0.3, -0.25) is 0 Å². The Balaban J connectivity index is 1.93. The van der Waals surface area contributed by atoms with Gasteiger partial charge in [0.05, 0.1) is 10.1 Å². The predicted molar refractivity (Wildman–Crippen MR) is 89.6 cm³/mol. The van der Waals surface area contributed by atoms with Crippen LogP contribution in [0.2, 0.25) is 0 Å². The van der Waals surface area contributed by atoms with E-state index < -0.39 is 15.1 Å². The molecule has 5 heteroatoms. The lowest BCUT2D eigenvalue weighted by Crippen LogP contribution is -2.11. The van der Waals surface area contributed by atoms with Crippen LogP contribution >= 0.6 is 15.9 Å². The molecule has 1 saturated carbocycles. The van der Waals surface area contributed by atoms with Gasteiger partial charge in [0.2, 0.25) is 0 Å². The molecule has 0 unspecified atom stereocenters. The Morgan fingerprint density at radius 3 is 2.18 bits per heavy atom. The van der Waals surface area contributed by atoms with Crippen LogP contribution in [0.3, 0.4) is 0 Å². The van der Waals surface area contributed by atoms with Crippen molar-refractivity contribution in [3.63, 3.8) is 0 Å². The van der Waals surface area contributed by atoms with Gasteiger partial charge < -0.3 is 5.11 Å². The molecule has 1 N–H and O–H groups in total. The summed E-state index contributed by atoms with van der Waals surface area (Å²) in [6.07, 6.45) is 0. The van der Waals surface area contributed by atoms with Crippen LogP contribution in [-0.2, 0) is 9.84 Å². The summed E-state index contributed by atoms with van der Waals surface area (Å²) in [5, 5.41) is 9.00. The number of hydrogen-bond acceptors (Lipinski definition) is 3. The van der Waals surface area contributed by atoms with Gasteiger partial charge in [-0.25, -0.2) is 8.42 Å². The molecule has 116 valence electrons. The number of rotatable bonds is 4. The molecule has 0 bridgehead atoms. The highest BCUT2D eigenvalue weighted by Crippen LogP contribution is 2.53. The van der Waals surface area contributed by atoms with Crippen molar-refractivity contribution in [3.8, 4) is 0 Å². The van der Waals surface area contributed by atoms with Crippen LogP contribution in [0.5, 0.6) is 0 Å². The number of aryl methyl sites for hydroxylation is 1. The Morgan fingerprint density at radius 2 is 1.64 bits per heavy atom. The summed E-state index contributed by atoms with van der Waals surface area (Å²) >= 11 is 3.38. The summed E-state index contributed by atoms with van der Waals surface area (Å²) in [6, 6.07) is 14.5. The van der Waals surface area contributed by atoms with Crippen LogP contribution in [0, 0.1) is 12.8 Å². The largest absolute Gasteiger partial charge is 0.396 e. The molecule has 1 aliphatic rings. The zero-order valence-electron chi connectivity index (χ0n) is 12.1. The van der Waals surface area contributed by atoms with E-state index in [4.69, 9.17) is 0 Å². The van der Waals surface area contributed by atoms with E-state index in [2.05, 4.69) is 15.9 Å². The number of sulfone groups is 1. The summed E-state index contributed by atoms with van der Waals surface area (Å²) < 4.78 is 26.6. The minimum Gasteiger partial charge on any atom is -0.396 e. The van der Waals surface area contributed by atoms with Gasteiger partial charge in [0.1, 0.15) is 0 Å². The normalized spacial score (nSPS) is 24.2. The first-order chi connectivity index (χ1) is 10.4. The highest BCUT2D eigenvalue weighted by Gasteiger charge is 2.58. The third kappa shape index (κ3) is 2.73. The topological polar surface area (TPSA) is 54.4 Å². The lowest BCUT2D eigenvalue weighted by atomic mass is 10.1. The van der Waals surface area contributed by atoms with Crippen molar-refractivity contribution < 1.29 is 13.5 Å². The van der Waals surface area contributed by atoms with E-state index in [1.807, 2.05) is 31.2 Å². The molecule has 2 aromatic rings. The first-order valence-electron chi connectivity index (χ1n) is 7.12. The third-order valence-electron chi connectivity index (χ3n) is 4.27. The summed E-state index contributed by atoms with van der Waals surface area (Å²) in [4.78, 5) is 0.334. The maximum Gasteiger partial charge on any atom is 0.182 e. The number of aliphatic hydroxyl groups is 1. The molecule has 1 aliphatic carbocycles. The standard InChI is InChI=1S/C17H17BrO3S/c1-11-2-8-14(9-3-11)22(20,21)17-15(10-19)16(17)12-4-6-13(18)7-5-12/h2-9,15-17,19H,10H2,1H3/t15-,16+,17-/m1/s1. The molecule has 0 aliphatic heterocycles. The number of aliphatic hydroxyl groups excluding tert-OH is 1. The molecule has 0 radical (unpaired) electrons. The Bertz CT molecular complexity index is 767. The second-order valence-electron chi connectivity index (χ2n) is 5.75. The monoisotopic (exact) mass is 380 g/mol. The Kier molecular flexibility index (Phi) is 4.14. The van der Waals surface area contributed by atoms with Gasteiger partial charge in [0.15, 0.2) is 9.84 Å². The van der Waals surface area contributed by atoms with Crippen molar-refractivity contribution in [2.24, 2.45) is 5.92 Å². The molecule has 0 saturated heterocycles. The lowest BCUT2D eigenvalue weighted by Gasteiger charge is -2.05. The molecule has 0 spiro atoms. The molecule has 0 aromatic heterocycles. The molecule has 3 atom stereocenters. The number of benzene rings is 2. The lowest BCUT2D eigenvalue weighted by molar-refractivity contribution is 0.274. The molecular weight excluding hydrogens is 364 g/mol. The van der Waals surface area contributed by atoms with Gasteiger partial charge in [-0.1, -0.05) is 45.8 Å². The van der Waals surface area contributed by atoms with Crippen LogP contribution in [0.1, 0.15) is 17.0 Å². The van der Waals surface area contributed by atoms with Crippen LogP contribution in [0.25, 0.3) is 0 Å². The summed E-state index contributed by atoms with van der Waals surface area (Å²) in [7, 11) is -3.42. The maximum absolute atomic E-state index is 12.8. The van der Waals surface area contributed by atoms with Crippen molar-refractivity contribution >= 4 is 25.8 Å². The molecule has 0 heterocycles. The van der Waals surface area contributed by atoms with E-state index in [0.717, 1.165) is 15.6 Å². The quantitative estimate of drug-likeness (QED) is 0.884. The van der Waals surface area contributed by atoms with Crippen LogP contribution in [0.4, 0.5) is 0 Å². The summed E-state index contributed by atoms with van der Waals surface area (Å²) in [5.41, 5.74) is 1.99. The first-order valence-corrected chi connectivity index (χ1v) is 9.46. The molecular formula is C17H17BrO3S. The van der Waals surface area contributed by atoms with Crippen LogP contribution in [-0.4, -0.2) is 25.4 Å². The minimum absolute atomic E-state index is 0.115. The van der Waals surface area contributed by atoms with Crippen molar-refractivity contribution in [1.82, 2.24) is 0 Å². The van der Waals surface area contributed by atoms with Crippen molar-refractivity contribution in [2.75, 3.05) is 6.61 Å². The molecule has 22 heavy (non-hydrogen) atoms. The van der Waals surface area contributed by atoms with E-state index in [1.165, 1.54) is 0 Å². The number of hydrogen-bond donors (Lipinski definition) is 1. The van der Waals surface area contributed by atoms with Gasteiger partial charge in [0, 0.05) is 22.9 Å². The van der Waals surface area contributed by atoms with Crippen molar-refractivity contribution in [3.05, 3.63) is 64.1 Å². The second-order valence-corrected chi connectivity index (χ2v) is 8.77. The SMILES string of the molecule is Cc1ccc(S(=O)(=O)[C@@H]2[C@H](CO)[C@@H]2c2ccc(Br)cc2)cc1. The molecule has 2 aromatic carbocycles. The molecule has 0 amide bonds. The predicted octanol–water partition coefficient (Wildman–Crippen LogP) is 3.31. The fraction of sp³-hybridized carbons (Fsp3) is 0.294. The van der Waals surface area contributed by atoms with Gasteiger partial charge in [-0.15, -0.1) is 0 Å². The van der Waals surface area contributed by atoms with Gasteiger partial charge in [0.25, 0.3) is 0 Å². The highest BCUT2D eigenvalue weighted by molar-refractivity contribution is 9.10. The van der Waals surface area contributed by atoms with Gasteiger partial charge >= 0.3 is 0 Å². The highest BCUT2D eigenvalue weighted by atomic mass is 79.9. The molecule has 3 nitrogen and oxygen atoms in total. The fourth-order valence-corrected chi connectivity index (χ4v) is 5.45. The van der Waals surface area contributed by atoms with Crippen LogP contribution in [0.15, 0.2) is 57.9 Å². The first kappa shape index (κ1) is 15.7. The van der Waals surface area contributed by atoms with Crippen molar-refractivity contribution in [1.29, 1.82) is 0 Å². The van der Waals surface area contributed by atoms with Gasteiger partial charge in [-0.05, 0) is 36.8 Å². The Morgan fingerprint density at radius 1 is 1.05 bits per heavy atom. The maximum atomic E-state index is 12.8. The molecule has 3 rings (SSSR count). The van der Waals surface area contributed by atoms with E-state index in [0.29, 0.717) is 4.90 Å². The Labute approximate surface area is 139 Å². The fourth-order valence-electron chi connectivity index (χ4n) is 2.99. The van der Waals surface area contributed by atoms with Gasteiger partial charge in [-0.2, -0.15) is 0 Å².